The Hall–Kier alpha value is -3.28. The van der Waals surface area contributed by atoms with Crippen molar-refractivity contribution in [2.24, 2.45) is 0 Å². The van der Waals surface area contributed by atoms with Crippen LogP contribution in [0.25, 0.3) is 22.8 Å². The first-order chi connectivity index (χ1) is 12.9. The van der Waals surface area contributed by atoms with Gasteiger partial charge in [0.1, 0.15) is 5.56 Å². The van der Waals surface area contributed by atoms with Crippen LogP contribution in [0.2, 0.25) is 0 Å². The van der Waals surface area contributed by atoms with Crippen LogP contribution in [0.5, 0.6) is 0 Å². The van der Waals surface area contributed by atoms with Gasteiger partial charge in [-0.1, -0.05) is 30.3 Å². The fourth-order valence-corrected chi connectivity index (χ4v) is 3.14. The van der Waals surface area contributed by atoms with E-state index >= 15 is 0 Å². The van der Waals surface area contributed by atoms with Crippen LogP contribution in [-0.4, -0.2) is 24.7 Å². The lowest BCUT2D eigenvalue weighted by atomic mass is 10.1. The third kappa shape index (κ3) is 3.26. The zero-order valence-electron chi connectivity index (χ0n) is 15.6. The molecule has 0 aliphatic carbocycles. The number of aromatic nitrogens is 5. The fourth-order valence-electron chi connectivity index (χ4n) is 3.14. The second-order valence-electron chi connectivity index (χ2n) is 7.55. The Kier molecular flexibility index (Phi) is 4.11. The van der Waals surface area contributed by atoms with Crippen molar-refractivity contribution in [3.8, 4) is 22.8 Å². The van der Waals surface area contributed by atoms with Crippen LogP contribution in [0.4, 0.5) is 0 Å². The van der Waals surface area contributed by atoms with Crippen LogP contribution in [0.1, 0.15) is 32.0 Å². The largest absolute Gasteiger partial charge is 0.299 e. The number of benzene rings is 1. The minimum absolute atomic E-state index is 0.260. The summed E-state index contributed by atoms with van der Waals surface area (Å²) < 4.78 is 1.95. The number of H-pyrrole nitrogens is 1. The molecule has 4 rings (SSSR count). The maximum Gasteiger partial charge on any atom is 0.284 e. The van der Waals surface area contributed by atoms with E-state index in [0.717, 1.165) is 16.8 Å². The van der Waals surface area contributed by atoms with Crippen LogP contribution >= 0.6 is 0 Å². The number of nitrogens with zero attached hydrogens (tertiary/aromatic N) is 4. The van der Waals surface area contributed by atoms with Gasteiger partial charge in [-0.2, -0.15) is 4.98 Å². The zero-order valence-corrected chi connectivity index (χ0v) is 15.6. The molecule has 27 heavy (non-hydrogen) atoms. The van der Waals surface area contributed by atoms with E-state index in [1.165, 1.54) is 0 Å². The average molecular weight is 359 g/mol. The van der Waals surface area contributed by atoms with Crippen LogP contribution in [0.3, 0.4) is 0 Å². The van der Waals surface area contributed by atoms with Gasteiger partial charge in [-0.15, -0.1) is 0 Å². The molecule has 1 aromatic heterocycles. The van der Waals surface area contributed by atoms with E-state index in [4.69, 9.17) is 4.98 Å². The second-order valence-corrected chi connectivity index (χ2v) is 7.55. The molecule has 0 amide bonds. The highest BCUT2D eigenvalue weighted by molar-refractivity contribution is 5.65. The molecule has 136 valence electrons. The summed E-state index contributed by atoms with van der Waals surface area (Å²) in [4.78, 5) is 25.9. The van der Waals surface area contributed by atoms with Gasteiger partial charge in [0.05, 0.1) is 11.2 Å². The molecule has 0 unspecified atom stereocenters. The van der Waals surface area contributed by atoms with Crippen molar-refractivity contribution in [3.63, 3.8) is 0 Å². The Morgan fingerprint density at radius 3 is 2.37 bits per heavy atom. The van der Waals surface area contributed by atoms with E-state index in [1.54, 1.807) is 24.5 Å². The highest BCUT2D eigenvalue weighted by Gasteiger charge is 2.28. The van der Waals surface area contributed by atoms with Gasteiger partial charge in [0.25, 0.3) is 5.56 Å². The summed E-state index contributed by atoms with van der Waals surface area (Å²) in [5, 5.41) is 3.40. The molecular weight excluding hydrogens is 338 g/mol. The molecule has 0 atom stereocenters. The maximum atomic E-state index is 12.9. The topological polar surface area (TPSA) is 76.5 Å². The molecule has 0 bridgehead atoms. The number of nitrogens with one attached hydrogen (secondary N) is 1. The lowest BCUT2D eigenvalue weighted by Gasteiger charge is -2.22. The van der Waals surface area contributed by atoms with Crippen LogP contribution < -0.4 is 5.56 Å². The molecule has 1 N–H and O–H groups in total. The Balaban J connectivity index is 1.92. The first kappa shape index (κ1) is 17.1. The first-order valence-electron chi connectivity index (χ1n) is 8.90. The molecule has 2 aliphatic rings. The van der Waals surface area contributed by atoms with E-state index in [1.807, 2.05) is 35.0 Å². The van der Waals surface area contributed by atoms with Crippen molar-refractivity contribution >= 4 is 0 Å². The fraction of sp³-hybridized carbons (Fsp3) is 0.238. The van der Waals surface area contributed by atoms with Crippen LogP contribution in [-0.2, 0) is 12.0 Å². The molecule has 6 nitrogen and oxygen atoms in total. The van der Waals surface area contributed by atoms with Crippen molar-refractivity contribution in [3.05, 3.63) is 76.5 Å². The Labute approximate surface area is 157 Å². The van der Waals surface area contributed by atoms with Crippen LogP contribution in [0, 0.1) is 0 Å². The van der Waals surface area contributed by atoms with Crippen molar-refractivity contribution < 1.29 is 0 Å². The van der Waals surface area contributed by atoms with E-state index in [0.29, 0.717) is 23.6 Å². The quantitative estimate of drug-likeness (QED) is 0.607. The van der Waals surface area contributed by atoms with Crippen molar-refractivity contribution in [2.45, 2.75) is 32.7 Å². The molecule has 6 heteroatoms. The van der Waals surface area contributed by atoms with Crippen molar-refractivity contribution in [1.82, 2.24) is 24.7 Å². The molecule has 3 heterocycles. The van der Waals surface area contributed by atoms with Gasteiger partial charge in [-0.25, -0.2) is 4.98 Å². The third-order valence-corrected chi connectivity index (χ3v) is 4.45. The molecule has 1 aromatic carbocycles. The number of aromatic amines is 1. The maximum absolute atomic E-state index is 12.9. The average Bonchev–Trinajstić information content (AvgIpc) is 3.02. The molecule has 2 aromatic rings. The third-order valence-electron chi connectivity index (χ3n) is 4.45. The SMILES string of the molecule is CC(C)(C)n1[nH]c(Cc2ccccc2)c2c(=O)nc(-c3ccncc3)nc1-2. The Morgan fingerprint density at radius 2 is 1.70 bits per heavy atom. The summed E-state index contributed by atoms with van der Waals surface area (Å²) in [7, 11) is 0. The molecular formula is C21H21N5O. The molecule has 0 saturated heterocycles. The van der Waals surface area contributed by atoms with E-state index in [2.05, 4.69) is 35.8 Å². The highest BCUT2D eigenvalue weighted by atomic mass is 16.1. The summed E-state index contributed by atoms with van der Waals surface area (Å²) in [6.45, 7) is 6.23. The highest BCUT2D eigenvalue weighted by Crippen LogP contribution is 2.29. The normalized spacial score (nSPS) is 11.8. The van der Waals surface area contributed by atoms with Gasteiger partial charge in [0.2, 0.25) is 0 Å². The number of hydrogen-bond donors (Lipinski definition) is 1. The number of fused-ring (bicyclic) bond motifs is 1. The molecule has 0 fully saturated rings. The molecule has 2 aliphatic heterocycles. The number of rotatable bonds is 3. The van der Waals surface area contributed by atoms with Gasteiger partial charge < -0.3 is 0 Å². The Morgan fingerprint density at radius 1 is 1.00 bits per heavy atom. The summed E-state index contributed by atoms with van der Waals surface area (Å²) in [5.41, 5.74) is 2.75. The minimum atomic E-state index is -0.267. The van der Waals surface area contributed by atoms with E-state index in [-0.39, 0.29) is 11.1 Å². The van der Waals surface area contributed by atoms with Gasteiger partial charge in [0, 0.05) is 24.4 Å². The minimum Gasteiger partial charge on any atom is -0.299 e. The van der Waals surface area contributed by atoms with E-state index < -0.39 is 0 Å². The number of hydrogen-bond acceptors (Lipinski definition) is 4. The van der Waals surface area contributed by atoms with Gasteiger partial charge in [-0.3, -0.25) is 19.6 Å². The molecule has 0 spiro atoms. The summed E-state index contributed by atoms with van der Waals surface area (Å²) in [6.07, 6.45) is 3.96. The monoisotopic (exact) mass is 359 g/mol. The smallest absolute Gasteiger partial charge is 0.284 e. The van der Waals surface area contributed by atoms with Gasteiger partial charge >= 0.3 is 0 Å². The molecule has 0 saturated carbocycles. The second kappa shape index (κ2) is 6.46. The summed E-state index contributed by atoms with van der Waals surface area (Å²) >= 11 is 0. The van der Waals surface area contributed by atoms with Gasteiger partial charge in [-0.05, 0) is 38.5 Å². The zero-order chi connectivity index (χ0) is 19.0. The van der Waals surface area contributed by atoms with Gasteiger partial charge in [0.15, 0.2) is 11.6 Å². The van der Waals surface area contributed by atoms with E-state index in [9.17, 15) is 4.79 Å². The first-order valence-corrected chi connectivity index (χ1v) is 8.90. The lowest BCUT2D eigenvalue weighted by Crippen LogP contribution is -2.25. The van der Waals surface area contributed by atoms with Crippen LogP contribution in [0.15, 0.2) is 59.7 Å². The predicted octanol–water partition coefficient (Wildman–Crippen LogP) is 3.48. The standard InChI is InChI=1S/C21H21N5O/c1-21(2,3)26-19-17(16(25-26)13-14-7-5-4-6-8-14)20(27)24-18(23-19)15-9-11-22-12-10-15/h4-12,25H,13H2,1-3H3. The lowest BCUT2D eigenvalue weighted by molar-refractivity contribution is 0.355. The summed E-state index contributed by atoms with van der Waals surface area (Å²) in [6, 6.07) is 13.7. The summed E-state index contributed by atoms with van der Waals surface area (Å²) in [5.74, 6) is 1.04. The predicted molar refractivity (Wildman–Crippen MR) is 105 cm³/mol. The van der Waals surface area contributed by atoms with Crippen molar-refractivity contribution in [2.75, 3.05) is 0 Å². The van der Waals surface area contributed by atoms with Crippen molar-refractivity contribution in [1.29, 1.82) is 0 Å². The number of pyridine rings is 1. The Bertz CT molecular complexity index is 1090. The molecule has 0 radical (unpaired) electrons.